The standard InChI is InChI=1S/C20H20BrNO5/c1-3-26-19(24)22-7-6-20-11-4-5-15(25-2)18(20)27-17-14(23)9-12(21)10(16(17)20)8-13(11)22/h4-5,9,13,18,23H,3,6-8H2,1-2H3. The van der Waals surface area contributed by atoms with Crippen molar-refractivity contribution in [1.29, 1.82) is 0 Å². The first-order chi connectivity index (χ1) is 13.0. The van der Waals surface area contributed by atoms with E-state index in [0.717, 1.165) is 26.9 Å². The van der Waals surface area contributed by atoms with E-state index >= 15 is 0 Å². The van der Waals surface area contributed by atoms with Gasteiger partial charge < -0.3 is 24.2 Å². The Labute approximate surface area is 165 Å². The first kappa shape index (κ1) is 17.0. The molecule has 1 fully saturated rings. The Hall–Kier alpha value is -2.15. The minimum Gasteiger partial charge on any atom is -0.504 e. The highest BCUT2D eigenvalue weighted by Gasteiger charge is 2.63. The Morgan fingerprint density at radius 3 is 3.04 bits per heavy atom. The summed E-state index contributed by atoms with van der Waals surface area (Å²) in [5, 5.41) is 10.5. The van der Waals surface area contributed by atoms with E-state index in [1.807, 2.05) is 17.9 Å². The molecule has 0 aromatic heterocycles. The second-order valence-electron chi connectivity index (χ2n) is 7.29. The number of phenolic OH excluding ortho intramolecular Hbond substituents is 1. The normalized spacial score (nSPS) is 29.4. The Bertz CT molecular complexity index is 923. The van der Waals surface area contributed by atoms with Crippen molar-refractivity contribution in [2.45, 2.75) is 37.3 Å². The summed E-state index contributed by atoms with van der Waals surface area (Å²) in [6.45, 7) is 2.74. The Morgan fingerprint density at radius 2 is 2.30 bits per heavy atom. The molecule has 142 valence electrons. The molecule has 4 aliphatic rings. The molecule has 1 aromatic carbocycles. The fraction of sp³-hybridized carbons (Fsp3) is 0.450. The lowest BCUT2D eigenvalue weighted by molar-refractivity contribution is 0.0497. The molecule has 1 saturated heterocycles. The van der Waals surface area contributed by atoms with Gasteiger partial charge in [0, 0.05) is 16.6 Å². The quantitative estimate of drug-likeness (QED) is 0.773. The average molecular weight is 434 g/mol. The lowest BCUT2D eigenvalue weighted by Crippen LogP contribution is -2.60. The molecule has 2 aliphatic heterocycles. The largest absolute Gasteiger partial charge is 0.504 e. The van der Waals surface area contributed by atoms with Gasteiger partial charge in [0.2, 0.25) is 0 Å². The zero-order valence-electron chi connectivity index (χ0n) is 15.1. The number of ether oxygens (including phenoxy) is 3. The molecule has 1 amide bonds. The molecular weight excluding hydrogens is 414 g/mol. The molecule has 2 aliphatic carbocycles. The number of carbonyl (C=O) groups is 1. The molecule has 3 unspecified atom stereocenters. The smallest absolute Gasteiger partial charge is 0.410 e. The van der Waals surface area contributed by atoms with Gasteiger partial charge in [-0.3, -0.25) is 0 Å². The van der Waals surface area contributed by atoms with Gasteiger partial charge in [0.1, 0.15) is 5.76 Å². The van der Waals surface area contributed by atoms with Crippen LogP contribution in [0.1, 0.15) is 24.5 Å². The van der Waals surface area contributed by atoms with Gasteiger partial charge >= 0.3 is 6.09 Å². The molecule has 1 N–H and O–H groups in total. The van der Waals surface area contributed by atoms with E-state index in [1.54, 1.807) is 13.2 Å². The van der Waals surface area contributed by atoms with Crippen LogP contribution in [-0.4, -0.2) is 48.5 Å². The summed E-state index contributed by atoms with van der Waals surface area (Å²) in [6, 6.07) is 1.58. The number of allylic oxidation sites excluding steroid dienone is 2. The zero-order valence-corrected chi connectivity index (χ0v) is 16.7. The van der Waals surface area contributed by atoms with Crippen molar-refractivity contribution < 1.29 is 24.1 Å². The van der Waals surface area contributed by atoms with Crippen LogP contribution in [0.3, 0.4) is 0 Å². The number of hydrogen-bond acceptors (Lipinski definition) is 5. The fourth-order valence-corrected chi connectivity index (χ4v) is 5.82. The molecule has 2 bridgehead atoms. The summed E-state index contributed by atoms with van der Waals surface area (Å²) < 4.78 is 18.0. The number of piperidine rings is 1. The van der Waals surface area contributed by atoms with Gasteiger partial charge in [-0.2, -0.15) is 0 Å². The summed E-state index contributed by atoms with van der Waals surface area (Å²) in [5.74, 6) is 1.41. The van der Waals surface area contributed by atoms with E-state index in [-0.39, 0.29) is 24.0 Å². The van der Waals surface area contributed by atoms with Gasteiger partial charge in [-0.05, 0) is 43.0 Å². The lowest BCUT2D eigenvalue weighted by Gasteiger charge is -2.53. The van der Waals surface area contributed by atoms with Crippen LogP contribution in [-0.2, 0) is 21.3 Å². The van der Waals surface area contributed by atoms with Gasteiger partial charge in [-0.25, -0.2) is 4.79 Å². The minimum absolute atomic E-state index is 0.0992. The Morgan fingerprint density at radius 1 is 1.48 bits per heavy atom. The van der Waals surface area contributed by atoms with Crippen molar-refractivity contribution >= 4 is 22.0 Å². The zero-order chi connectivity index (χ0) is 18.9. The van der Waals surface area contributed by atoms with Crippen molar-refractivity contribution in [1.82, 2.24) is 4.90 Å². The molecule has 5 rings (SSSR count). The van der Waals surface area contributed by atoms with Crippen molar-refractivity contribution in [2.24, 2.45) is 0 Å². The van der Waals surface area contributed by atoms with E-state index in [9.17, 15) is 9.90 Å². The number of likely N-dealkylation sites (tertiary alicyclic amines) is 1. The molecule has 2 heterocycles. The summed E-state index contributed by atoms with van der Waals surface area (Å²) in [5.41, 5.74) is 2.83. The third-order valence-electron chi connectivity index (χ3n) is 6.26. The van der Waals surface area contributed by atoms with E-state index in [0.29, 0.717) is 31.7 Å². The fourth-order valence-electron chi connectivity index (χ4n) is 5.24. The molecular formula is C20H20BrNO5. The Balaban J connectivity index is 1.75. The van der Waals surface area contributed by atoms with Gasteiger partial charge in [-0.1, -0.05) is 22.0 Å². The number of carbonyl (C=O) groups excluding carboxylic acids is 1. The monoisotopic (exact) mass is 433 g/mol. The molecule has 1 aromatic rings. The summed E-state index contributed by atoms with van der Waals surface area (Å²) >= 11 is 3.61. The van der Waals surface area contributed by atoms with E-state index < -0.39 is 5.41 Å². The first-order valence-corrected chi connectivity index (χ1v) is 9.93. The number of phenols is 1. The maximum absolute atomic E-state index is 12.6. The van der Waals surface area contributed by atoms with Crippen molar-refractivity contribution in [3.05, 3.63) is 45.2 Å². The SMILES string of the molecule is CCOC(=O)N1CCC23C4=CC=C(OC)C2Oc2c(O)cc(Br)c(c23)CC41. The summed E-state index contributed by atoms with van der Waals surface area (Å²) in [4.78, 5) is 14.4. The van der Waals surface area contributed by atoms with Crippen molar-refractivity contribution in [3.63, 3.8) is 0 Å². The van der Waals surface area contributed by atoms with E-state index in [4.69, 9.17) is 14.2 Å². The summed E-state index contributed by atoms with van der Waals surface area (Å²) in [6.07, 6.45) is 4.71. The lowest BCUT2D eigenvalue weighted by atomic mass is 9.57. The maximum atomic E-state index is 12.6. The van der Waals surface area contributed by atoms with Crippen LogP contribution < -0.4 is 4.74 Å². The van der Waals surface area contributed by atoms with Crippen molar-refractivity contribution in [2.75, 3.05) is 20.3 Å². The number of rotatable bonds is 2. The van der Waals surface area contributed by atoms with Crippen LogP contribution in [0.5, 0.6) is 11.5 Å². The molecule has 1 spiro atoms. The van der Waals surface area contributed by atoms with E-state index in [2.05, 4.69) is 22.0 Å². The number of benzene rings is 1. The van der Waals surface area contributed by atoms with Gasteiger partial charge in [-0.15, -0.1) is 0 Å². The molecule has 3 atom stereocenters. The van der Waals surface area contributed by atoms with Gasteiger partial charge in [0.15, 0.2) is 17.6 Å². The average Bonchev–Trinajstić information content (AvgIpc) is 2.98. The summed E-state index contributed by atoms with van der Waals surface area (Å²) in [7, 11) is 1.64. The molecule has 0 saturated carbocycles. The second kappa shape index (κ2) is 5.67. The maximum Gasteiger partial charge on any atom is 0.410 e. The topological polar surface area (TPSA) is 68.2 Å². The highest BCUT2D eigenvalue weighted by molar-refractivity contribution is 9.10. The predicted octanol–water partition coefficient (Wildman–Crippen LogP) is 3.41. The number of nitrogens with zero attached hydrogens (tertiary/aromatic N) is 1. The number of aromatic hydroxyl groups is 1. The third-order valence-corrected chi connectivity index (χ3v) is 6.97. The van der Waals surface area contributed by atoms with Gasteiger partial charge in [0.25, 0.3) is 0 Å². The van der Waals surface area contributed by atoms with Crippen LogP contribution in [0.15, 0.2) is 34.0 Å². The number of hydrogen-bond donors (Lipinski definition) is 1. The highest BCUT2D eigenvalue weighted by Crippen LogP contribution is 2.63. The van der Waals surface area contributed by atoms with Crippen LogP contribution in [0.4, 0.5) is 4.79 Å². The third kappa shape index (κ3) is 1.98. The molecule has 6 nitrogen and oxygen atoms in total. The first-order valence-electron chi connectivity index (χ1n) is 9.14. The number of amides is 1. The molecule has 27 heavy (non-hydrogen) atoms. The Kier molecular flexibility index (Phi) is 3.57. The number of methoxy groups -OCH3 is 1. The predicted molar refractivity (Wildman–Crippen MR) is 101 cm³/mol. The second-order valence-corrected chi connectivity index (χ2v) is 8.14. The van der Waals surface area contributed by atoms with Crippen LogP contribution in [0, 0.1) is 0 Å². The van der Waals surface area contributed by atoms with Crippen LogP contribution in [0.25, 0.3) is 0 Å². The highest BCUT2D eigenvalue weighted by atomic mass is 79.9. The number of halogens is 1. The minimum atomic E-state index is -0.419. The van der Waals surface area contributed by atoms with Crippen LogP contribution >= 0.6 is 15.9 Å². The van der Waals surface area contributed by atoms with Crippen molar-refractivity contribution in [3.8, 4) is 11.5 Å². The van der Waals surface area contributed by atoms with Crippen LogP contribution in [0.2, 0.25) is 0 Å². The van der Waals surface area contributed by atoms with E-state index in [1.165, 1.54) is 0 Å². The van der Waals surface area contributed by atoms with Gasteiger partial charge in [0.05, 0.1) is 25.2 Å². The molecule has 7 heteroatoms. The molecule has 0 radical (unpaired) electrons.